The van der Waals surface area contributed by atoms with Crippen molar-refractivity contribution >= 4 is 5.97 Å². The maximum Gasteiger partial charge on any atom is 0.311 e. The normalized spacial score (nSPS) is 9.77. The van der Waals surface area contributed by atoms with E-state index in [9.17, 15) is 9.18 Å². The Morgan fingerprint density at radius 1 is 1.69 bits per heavy atom. The first-order valence-corrected chi connectivity index (χ1v) is 3.81. The van der Waals surface area contributed by atoms with E-state index in [0.717, 1.165) is 0 Å². The molecule has 0 fully saturated rings. The molecule has 0 radical (unpaired) electrons. The Morgan fingerprint density at radius 3 is 2.92 bits per heavy atom. The third-order valence-electron chi connectivity index (χ3n) is 1.65. The van der Waals surface area contributed by atoms with E-state index in [0.29, 0.717) is 11.3 Å². The smallest absolute Gasteiger partial charge is 0.311 e. The van der Waals surface area contributed by atoms with Crippen LogP contribution in [0.1, 0.15) is 11.3 Å². The molecule has 1 aromatic heterocycles. The fourth-order valence-corrected chi connectivity index (χ4v) is 0.856. The Hall–Kier alpha value is -1.45. The zero-order valence-electron chi connectivity index (χ0n) is 7.50. The molecule has 0 amide bonds. The van der Waals surface area contributed by atoms with E-state index in [2.05, 4.69) is 9.72 Å². The number of ether oxygens (including phenoxy) is 1. The quantitative estimate of drug-likeness (QED) is 0.647. The number of esters is 1. The van der Waals surface area contributed by atoms with Gasteiger partial charge in [-0.15, -0.1) is 0 Å². The molecule has 4 heteroatoms. The zero-order valence-corrected chi connectivity index (χ0v) is 7.50. The van der Waals surface area contributed by atoms with Gasteiger partial charge in [0.05, 0.1) is 19.2 Å². The molecule has 0 aromatic carbocycles. The molecule has 1 aromatic rings. The van der Waals surface area contributed by atoms with Gasteiger partial charge in [-0.25, -0.2) is 4.39 Å². The van der Waals surface area contributed by atoms with Crippen molar-refractivity contribution in [2.24, 2.45) is 0 Å². The lowest BCUT2D eigenvalue weighted by Crippen LogP contribution is -2.06. The van der Waals surface area contributed by atoms with Gasteiger partial charge in [0.15, 0.2) is 0 Å². The summed E-state index contributed by atoms with van der Waals surface area (Å²) in [5.74, 6) is -0.773. The molecule has 0 unspecified atom stereocenters. The number of methoxy groups -OCH3 is 1. The third-order valence-corrected chi connectivity index (χ3v) is 1.65. The number of nitrogens with zero attached hydrogens (tertiary/aromatic N) is 1. The van der Waals surface area contributed by atoms with E-state index >= 15 is 0 Å². The van der Waals surface area contributed by atoms with Gasteiger partial charge < -0.3 is 4.74 Å². The molecule has 0 aliphatic carbocycles. The van der Waals surface area contributed by atoms with E-state index in [1.54, 1.807) is 6.92 Å². The Bertz CT molecular complexity index is 325. The van der Waals surface area contributed by atoms with Gasteiger partial charge in [-0.1, -0.05) is 0 Å². The van der Waals surface area contributed by atoms with E-state index in [1.165, 1.54) is 19.4 Å². The second kappa shape index (κ2) is 3.98. The van der Waals surface area contributed by atoms with E-state index in [-0.39, 0.29) is 12.2 Å². The molecule has 0 spiro atoms. The number of halogens is 1. The standard InChI is InChI=1S/C9H10FNO2/c1-6-5-11-7(3-8(6)10)4-9(12)13-2/h3,5H,4H2,1-2H3. The molecular formula is C9H10FNO2. The van der Waals surface area contributed by atoms with Gasteiger partial charge in [0.2, 0.25) is 0 Å². The van der Waals surface area contributed by atoms with Crippen LogP contribution in [-0.4, -0.2) is 18.1 Å². The summed E-state index contributed by atoms with van der Waals surface area (Å²) >= 11 is 0. The number of aryl methyl sites for hydroxylation is 1. The first-order chi connectivity index (χ1) is 6.13. The average Bonchev–Trinajstić information content (AvgIpc) is 2.11. The van der Waals surface area contributed by atoms with Gasteiger partial charge in [0.1, 0.15) is 5.82 Å². The number of aromatic nitrogens is 1. The molecule has 0 atom stereocenters. The Labute approximate surface area is 75.6 Å². The van der Waals surface area contributed by atoms with Crippen molar-refractivity contribution in [2.75, 3.05) is 7.11 Å². The Kier molecular flexibility index (Phi) is 2.95. The van der Waals surface area contributed by atoms with Gasteiger partial charge in [-0.2, -0.15) is 0 Å². The summed E-state index contributed by atoms with van der Waals surface area (Å²) in [7, 11) is 1.28. The first-order valence-electron chi connectivity index (χ1n) is 3.81. The molecule has 0 saturated heterocycles. The summed E-state index contributed by atoms with van der Waals surface area (Å²) < 4.78 is 17.4. The van der Waals surface area contributed by atoms with Gasteiger partial charge in [-0.3, -0.25) is 9.78 Å². The minimum Gasteiger partial charge on any atom is -0.469 e. The summed E-state index contributed by atoms with van der Waals surface area (Å²) in [5, 5.41) is 0. The highest BCUT2D eigenvalue weighted by Crippen LogP contribution is 2.06. The van der Waals surface area contributed by atoms with Crippen LogP contribution in [0.25, 0.3) is 0 Å². The molecule has 1 rings (SSSR count). The minimum atomic E-state index is -0.421. The van der Waals surface area contributed by atoms with Crippen LogP contribution in [-0.2, 0) is 16.0 Å². The van der Waals surface area contributed by atoms with Crippen molar-refractivity contribution in [1.29, 1.82) is 0 Å². The zero-order chi connectivity index (χ0) is 9.84. The highest BCUT2D eigenvalue weighted by Gasteiger charge is 2.06. The SMILES string of the molecule is COC(=O)Cc1cc(F)c(C)cn1. The van der Waals surface area contributed by atoms with Gasteiger partial charge in [0.25, 0.3) is 0 Å². The molecule has 0 saturated carbocycles. The van der Waals surface area contributed by atoms with Crippen LogP contribution < -0.4 is 0 Å². The van der Waals surface area contributed by atoms with Crippen molar-refractivity contribution in [2.45, 2.75) is 13.3 Å². The van der Waals surface area contributed by atoms with Gasteiger partial charge >= 0.3 is 5.97 Å². The maximum absolute atomic E-state index is 12.9. The maximum atomic E-state index is 12.9. The lowest BCUT2D eigenvalue weighted by atomic mass is 10.2. The molecule has 13 heavy (non-hydrogen) atoms. The molecular weight excluding hydrogens is 173 g/mol. The van der Waals surface area contributed by atoms with Gasteiger partial charge in [-0.05, 0) is 13.0 Å². The largest absolute Gasteiger partial charge is 0.469 e. The minimum absolute atomic E-state index is 0.00764. The number of carbonyl (C=O) groups is 1. The fraction of sp³-hybridized carbons (Fsp3) is 0.333. The average molecular weight is 183 g/mol. The van der Waals surface area contributed by atoms with Crippen molar-refractivity contribution in [1.82, 2.24) is 4.98 Å². The van der Waals surface area contributed by atoms with Crippen LogP contribution in [0.4, 0.5) is 4.39 Å². The summed E-state index contributed by atoms with van der Waals surface area (Å²) in [6, 6.07) is 1.24. The number of rotatable bonds is 2. The number of pyridine rings is 1. The number of carbonyl (C=O) groups excluding carboxylic acids is 1. The molecule has 70 valence electrons. The number of hydrogen-bond acceptors (Lipinski definition) is 3. The van der Waals surface area contributed by atoms with Crippen LogP contribution >= 0.6 is 0 Å². The monoisotopic (exact) mass is 183 g/mol. The lowest BCUT2D eigenvalue weighted by Gasteiger charge is -2.00. The first kappa shape index (κ1) is 9.64. The van der Waals surface area contributed by atoms with Crippen molar-refractivity contribution in [3.8, 4) is 0 Å². The topological polar surface area (TPSA) is 39.2 Å². The van der Waals surface area contributed by atoms with Crippen molar-refractivity contribution in [3.05, 3.63) is 29.3 Å². The summed E-state index contributed by atoms with van der Waals surface area (Å²) in [4.78, 5) is 14.7. The number of hydrogen-bond donors (Lipinski definition) is 0. The second-order valence-corrected chi connectivity index (χ2v) is 2.68. The van der Waals surface area contributed by atoms with E-state index < -0.39 is 5.97 Å². The fourth-order valence-electron chi connectivity index (χ4n) is 0.856. The van der Waals surface area contributed by atoms with Crippen LogP contribution in [0.5, 0.6) is 0 Å². The summed E-state index contributed by atoms with van der Waals surface area (Å²) in [6.07, 6.45) is 1.40. The Balaban J connectivity index is 2.79. The highest BCUT2D eigenvalue weighted by molar-refractivity contribution is 5.71. The molecule has 0 aliphatic rings. The van der Waals surface area contributed by atoms with Crippen molar-refractivity contribution in [3.63, 3.8) is 0 Å². The lowest BCUT2D eigenvalue weighted by molar-refractivity contribution is -0.139. The van der Waals surface area contributed by atoms with E-state index in [4.69, 9.17) is 0 Å². The van der Waals surface area contributed by atoms with E-state index in [1.807, 2.05) is 0 Å². The molecule has 0 bridgehead atoms. The van der Waals surface area contributed by atoms with Crippen LogP contribution in [0.2, 0.25) is 0 Å². The molecule has 0 N–H and O–H groups in total. The van der Waals surface area contributed by atoms with Crippen LogP contribution in [0, 0.1) is 12.7 Å². The Morgan fingerprint density at radius 2 is 2.38 bits per heavy atom. The summed E-state index contributed by atoms with van der Waals surface area (Å²) in [5.41, 5.74) is 0.851. The second-order valence-electron chi connectivity index (χ2n) is 2.68. The predicted molar refractivity (Wildman–Crippen MR) is 44.7 cm³/mol. The molecule has 0 aliphatic heterocycles. The van der Waals surface area contributed by atoms with Crippen molar-refractivity contribution < 1.29 is 13.9 Å². The third kappa shape index (κ3) is 2.50. The van der Waals surface area contributed by atoms with Crippen LogP contribution in [0.15, 0.2) is 12.3 Å². The van der Waals surface area contributed by atoms with Gasteiger partial charge in [0, 0.05) is 11.8 Å². The summed E-state index contributed by atoms with van der Waals surface area (Å²) in [6.45, 7) is 1.62. The predicted octanol–water partition coefficient (Wildman–Crippen LogP) is 1.24. The molecule has 1 heterocycles. The van der Waals surface area contributed by atoms with Crippen LogP contribution in [0.3, 0.4) is 0 Å². The molecule has 3 nitrogen and oxygen atoms in total. The highest BCUT2D eigenvalue weighted by atomic mass is 19.1.